The lowest BCUT2D eigenvalue weighted by atomic mass is 10.0. The van der Waals surface area contributed by atoms with E-state index in [4.69, 9.17) is 0 Å². The minimum Gasteiger partial charge on any atom is -0.383 e. The number of nitrogens with zero attached hydrogens (tertiary/aromatic N) is 9. The molecule has 8 N–H and O–H groups in total. The topological polar surface area (TPSA) is 553 Å². The fourth-order valence-corrected chi connectivity index (χ4v) is 6.07. The number of non-ortho nitro benzene ring substituents is 1. The van der Waals surface area contributed by atoms with Gasteiger partial charge in [-0.15, -0.1) is 27.1 Å². The number of nitro groups is 9. The summed E-state index contributed by atoms with van der Waals surface area (Å²) in [5.74, 6) is -1.36. The highest BCUT2D eigenvalue weighted by atomic mass is 32.2. The van der Waals surface area contributed by atoms with Gasteiger partial charge in [-0.05, 0) is 44.4 Å². The second kappa shape index (κ2) is 43.4. The number of hydrogen-bond acceptors (Lipinski definition) is 25. The Labute approximate surface area is 426 Å². The summed E-state index contributed by atoms with van der Waals surface area (Å²) in [5.41, 5.74) is 9.15. The van der Waals surface area contributed by atoms with Crippen LogP contribution in [0, 0.1) is 91.0 Å². The normalized spacial score (nSPS) is 11.3. The van der Waals surface area contributed by atoms with Gasteiger partial charge in [-0.2, -0.15) is 11.8 Å². The van der Waals surface area contributed by atoms with Gasteiger partial charge in [-0.1, -0.05) is 20.3 Å². The zero-order valence-electron chi connectivity index (χ0n) is 40.6. The standard InChI is InChI=1S/2C8H16N4O5.C7H7N3O4.C6H12N2O3S.C4H8N4O5S/c1-9-8(13)7(10-12(16)17)5-3-2-4-6-11(14)15;1-2-8(13)7(10-12(16)17)5-3-4-6-9-11(14)15;1-8-6-3-2-5(9(11)12)4-7(6)10(13)14;1-3-6(9)5(4-12-2)7-8(10)11;1-5-4(9)3(6-7(10)11)2-14-8(12)13/h7,10H,2-6H2,1H3,(H,9,13);7,9-10H,2-6H2,1H3;2-4,8H,1H3;5,7H,3-4H2,1-2H3;3,6H,2H2,1H3,(H,5,9)/t2*7-;;5-;3-/m00.00/s1. The first-order chi connectivity index (χ1) is 34.6. The summed E-state index contributed by atoms with van der Waals surface area (Å²) in [6.45, 7) is 3.38. The molecular weight excluding hydrogens is 1050 g/mol. The largest absolute Gasteiger partial charge is 0.383 e. The average molecular weight is 1110 g/mol. The van der Waals surface area contributed by atoms with Gasteiger partial charge in [0.2, 0.25) is 30.3 Å². The third-order valence-electron chi connectivity index (χ3n) is 8.48. The molecule has 0 fully saturated rings. The molecular formula is C33H59N17O22S2. The summed E-state index contributed by atoms with van der Waals surface area (Å²) in [4.78, 5) is 134. The number of hydrazine groups is 5. The number of unbranched alkanes of at least 4 members (excludes halogenated alkanes) is 3. The van der Waals surface area contributed by atoms with Gasteiger partial charge in [0, 0.05) is 57.1 Å². The Morgan fingerprint density at radius 3 is 1.43 bits per heavy atom. The molecule has 0 aliphatic carbocycles. The van der Waals surface area contributed by atoms with Crippen molar-refractivity contribution in [2.45, 2.75) is 95.8 Å². The quantitative estimate of drug-likeness (QED) is 0.0203. The first-order valence-corrected chi connectivity index (χ1v) is 23.4. The number of likely N-dealkylation sites (N-methyl/N-ethyl adjacent to an activating group) is 2. The van der Waals surface area contributed by atoms with Crippen LogP contribution >= 0.6 is 23.7 Å². The second-order valence-electron chi connectivity index (χ2n) is 13.6. The number of anilines is 1. The highest BCUT2D eigenvalue weighted by molar-refractivity contribution is 7.98. The minimum absolute atomic E-state index is 0.118. The Bertz CT molecular complexity index is 1960. The van der Waals surface area contributed by atoms with E-state index in [1.165, 1.54) is 45.0 Å². The van der Waals surface area contributed by atoms with Crippen LogP contribution in [-0.4, -0.2) is 144 Å². The van der Waals surface area contributed by atoms with Crippen LogP contribution in [0.15, 0.2) is 18.2 Å². The molecule has 2 amide bonds. The molecule has 0 aliphatic rings. The number of rotatable bonds is 34. The summed E-state index contributed by atoms with van der Waals surface area (Å²) < 4.78 is -0.725. The predicted molar refractivity (Wildman–Crippen MR) is 261 cm³/mol. The van der Waals surface area contributed by atoms with E-state index in [0.717, 1.165) is 6.07 Å². The lowest BCUT2D eigenvalue weighted by molar-refractivity contribution is -0.548. The molecule has 0 heterocycles. The number of hydrogen-bond donors (Lipinski definition) is 8. The SMILES string of the molecule is CCC(=O)[C@H](CCCCN[N+](=O)[O-])N[N+](=O)[O-].CCC(=O)[C@H](CSC)N[N+](=O)[O-].CNC(=O)[C@H](CCCCC[N+](=O)[O-])N[N+](=O)[O-].CNC(=O)[C@H](CS[N+](=O)[O-])N[N+](=O)[O-].CNc1ccc([N+](=O)[O-])cc1[N+](=O)[O-]. The molecule has 41 heteroatoms. The van der Waals surface area contributed by atoms with Crippen molar-refractivity contribution in [3.63, 3.8) is 0 Å². The maximum absolute atomic E-state index is 11.3. The van der Waals surface area contributed by atoms with Crippen molar-refractivity contribution in [2.24, 2.45) is 0 Å². The number of Topliss-reactive ketones (excluding diaryl/α,β-unsaturated/α-hetero) is 2. The Morgan fingerprint density at radius 1 is 0.554 bits per heavy atom. The van der Waals surface area contributed by atoms with Gasteiger partial charge in [-0.3, -0.25) is 59.6 Å². The first-order valence-electron chi connectivity index (χ1n) is 21.1. The minimum atomic E-state index is -1.22. The van der Waals surface area contributed by atoms with E-state index in [9.17, 15) is 110 Å². The molecule has 0 aromatic heterocycles. The van der Waals surface area contributed by atoms with E-state index in [1.807, 2.05) is 21.7 Å². The van der Waals surface area contributed by atoms with E-state index in [-0.39, 0.29) is 72.3 Å². The molecule has 74 heavy (non-hydrogen) atoms. The van der Waals surface area contributed by atoms with Crippen LogP contribution < -0.4 is 43.1 Å². The molecule has 0 saturated heterocycles. The monoisotopic (exact) mass is 1110 g/mol. The molecule has 4 atom stereocenters. The van der Waals surface area contributed by atoms with Gasteiger partial charge >= 0.3 is 0 Å². The Kier molecular flexibility index (Phi) is 42.3. The van der Waals surface area contributed by atoms with Crippen molar-refractivity contribution in [2.75, 3.05) is 57.3 Å². The van der Waals surface area contributed by atoms with Crippen molar-refractivity contribution in [1.82, 2.24) is 37.8 Å². The van der Waals surface area contributed by atoms with E-state index in [2.05, 4.69) is 16.0 Å². The molecule has 0 radical (unpaired) electrons. The number of carbonyl (C=O) groups is 4. The molecule has 0 spiro atoms. The molecule has 0 aliphatic heterocycles. The van der Waals surface area contributed by atoms with Gasteiger partial charge in [0.25, 0.3) is 11.4 Å². The number of carbonyl (C=O) groups excluding carboxylic acids is 4. The van der Waals surface area contributed by atoms with E-state index < -0.39 is 80.2 Å². The summed E-state index contributed by atoms with van der Waals surface area (Å²) in [7, 11) is 4.19. The maximum atomic E-state index is 11.3. The van der Waals surface area contributed by atoms with Crippen LogP contribution in [0.1, 0.15) is 71.6 Å². The number of benzene rings is 1. The van der Waals surface area contributed by atoms with Crippen LogP contribution in [-0.2, 0) is 19.2 Å². The Morgan fingerprint density at radius 2 is 1.01 bits per heavy atom. The van der Waals surface area contributed by atoms with Gasteiger partial charge < -0.3 is 16.0 Å². The van der Waals surface area contributed by atoms with Gasteiger partial charge in [0.1, 0.15) is 16.1 Å². The smallest absolute Gasteiger partial charge is 0.299 e. The third kappa shape index (κ3) is 40.3. The highest BCUT2D eigenvalue weighted by Crippen LogP contribution is 2.28. The first kappa shape index (κ1) is 72.1. The van der Waals surface area contributed by atoms with Gasteiger partial charge in [-0.25, -0.2) is 50.6 Å². The van der Waals surface area contributed by atoms with Crippen LogP contribution in [0.25, 0.3) is 0 Å². The molecule has 39 nitrogen and oxygen atoms in total. The molecule has 1 aromatic rings. The summed E-state index contributed by atoms with van der Waals surface area (Å²) >= 11 is 1.63. The summed E-state index contributed by atoms with van der Waals surface area (Å²) in [6.07, 6.45) is 5.40. The fraction of sp³-hybridized carbons (Fsp3) is 0.697. The summed E-state index contributed by atoms with van der Waals surface area (Å²) in [5, 5.41) is 94.6. The number of amides is 2. The second-order valence-corrected chi connectivity index (χ2v) is 15.4. The van der Waals surface area contributed by atoms with Gasteiger partial charge in [0.15, 0.2) is 54.9 Å². The lowest BCUT2D eigenvalue weighted by Crippen LogP contribution is -2.47. The summed E-state index contributed by atoms with van der Waals surface area (Å²) in [6, 6.07) is -0.150. The number of nitro benzene ring substituents is 2. The molecule has 0 bridgehead atoms. The van der Waals surface area contributed by atoms with Crippen molar-refractivity contribution in [3.8, 4) is 0 Å². The molecule has 0 unspecified atom stereocenters. The van der Waals surface area contributed by atoms with Gasteiger partial charge in [0.05, 0.1) is 28.2 Å². The van der Waals surface area contributed by atoms with E-state index in [1.54, 1.807) is 25.5 Å². The van der Waals surface area contributed by atoms with Crippen LogP contribution in [0.5, 0.6) is 0 Å². The number of nitrogens with one attached hydrogen (secondary N) is 8. The zero-order valence-corrected chi connectivity index (χ0v) is 42.2. The van der Waals surface area contributed by atoms with Crippen LogP contribution in [0.3, 0.4) is 0 Å². The maximum Gasteiger partial charge on any atom is 0.299 e. The lowest BCUT2D eigenvalue weighted by Gasteiger charge is -2.11. The average Bonchev–Trinajstić information content (AvgIpc) is 3.32. The van der Waals surface area contributed by atoms with Crippen molar-refractivity contribution >= 4 is 64.2 Å². The zero-order chi connectivity index (χ0) is 57.9. The van der Waals surface area contributed by atoms with Crippen molar-refractivity contribution < 1.29 is 63.4 Å². The van der Waals surface area contributed by atoms with Crippen molar-refractivity contribution in [1.29, 1.82) is 0 Å². The van der Waals surface area contributed by atoms with Crippen LogP contribution in [0.4, 0.5) is 17.1 Å². The van der Waals surface area contributed by atoms with E-state index >= 15 is 0 Å². The predicted octanol–water partition coefficient (Wildman–Crippen LogP) is 0.617. The molecule has 420 valence electrons. The fourth-order valence-electron chi connectivity index (χ4n) is 4.98. The third-order valence-corrected chi connectivity index (χ3v) is 9.84. The van der Waals surface area contributed by atoms with E-state index in [0.29, 0.717) is 50.7 Å². The molecule has 1 aromatic carbocycles. The number of ketones is 2. The Hall–Kier alpha value is -8.40. The Balaban J connectivity index is -0.000000416. The molecule has 1 rings (SSSR count). The highest BCUT2D eigenvalue weighted by Gasteiger charge is 2.26. The van der Waals surface area contributed by atoms with Crippen LogP contribution in [0.2, 0.25) is 0 Å². The molecule has 0 saturated carbocycles. The number of thioether (sulfide) groups is 1. The van der Waals surface area contributed by atoms with Crippen molar-refractivity contribution in [3.05, 3.63) is 109 Å².